The minimum absolute atomic E-state index is 0.105. The van der Waals surface area contributed by atoms with Crippen LogP contribution >= 0.6 is 11.3 Å². The van der Waals surface area contributed by atoms with E-state index in [0.29, 0.717) is 6.42 Å². The number of rotatable bonds is 5. The molecule has 1 N–H and O–H groups in total. The van der Waals surface area contributed by atoms with Crippen LogP contribution in [-0.2, 0) is 16.0 Å². The Hall–Kier alpha value is -2.14. The van der Waals surface area contributed by atoms with Gasteiger partial charge < -0.3 is 10.2 Å². The SMILES string of the molecule is CCC1c2ccsc2CCN1C(=O)CC(NC(C)=O)c1ccc(C)cc1. The average Bonchev–Trinajstić information content (AvgIpc) is 3.09. The summed E-state index contributed by atoms with van der Waals surface area (Å²) in [7, 11) is 0. The number of hydrogen-bond donors (Lipinski definition) is 1. The zero-order valence-corrected chi connectivity index (χ0v) is 16.4. The molecule has 1 aromatic carbocycles. The number of hydrogen-bond acceptors (Lipinski definition) is 3. The molecule has 0 radical (unpaired) electrons. The molecule has 3 rings (SSSR count). The van der Waals surface area contributed by atoms with Gasteiger partial charge in [-0.25, -0.2) is 0 Å². The van der Waals surface area contributed by atoms with E-state index < -0.39 is 0 Å². The lowest BCUT2D eigenvalue weighted by Crippen LogP contribution is -2.41. The molecule has 0 saturated carbocycles. The second-order valence-corrected chi connectivity index (χ2v) is 7.93. The first-order valence-electron chi connectivity index (χ1n) is 9.19. The van der Waals surface area contributed by atoms with Crippen molar-refractivity contribution in [1.82, 2.24) is 10.2 Å². The van der Waals surface area contributed by atoms with Crippen molar-refractivity contribution in [2.75, 3.05) is 6.54 Å². The van der Waals surface area contributed by atoms with E-state index in [-0.39, 0.29) is 23.9 Å². The smallest absolute Gasteiger partial charge is 0.225 e. The molecule has 26 heavy (non-hydrogen) atoms. The van der Waals surface area contributed by atoms with Gasteiger partial charge in [-0.1, -0.05) is 36.8 Å². The molecule has 0 aliphatic carbocycles. The lowest BCUT2D eigenvalue weighted by atomic mass is 9.95. The second-order valence-electron chi connectivity index (χ2n) is 6.93. The third kappa shape index (κ3) is 3.98. The number of aryl methyl sites for hydroxylation is 1. The van der Waals surface area contributed by atoms with E-state index in [0.717, 1.165) is 30.5 Å². The van der Waals surface area contributed by atoms with E-state index in [2.05, 4.69) is 23.7 Å². The van der Waals surface area contributed by atoms with Gasteiger partial charge in [0, 0.05) is 18.3 Å². The Balaban J connectivity index is 1.79. The summed E-state index contributed by atoms with van der Waals surface area (Å²) in [4.78, 5) is 28.2. The number of nitrogens with one attached hydrogen (secondary N) is 1. The van der Waals surface area contributed by atoms with Gasteiger partial charge in [0.25, 0.3) is 0 Å². The Labute approximate surface area is 159 Å². The molecule has 2 amide bonds. The van der Waals surface area contributed by atoms with E-state index >= 15 is 0 Å². The van der Waals surface area contributed by atoms with Gasteiger partial charge >= 0.3 is 0 Å². The van der Waals surface area contributed by atoms with Crippen LogP contribution in [-0.4, -0.2) is 23.3 Å². The predicted molar refractivity (Wildman–Crippen MR) is 105 cm³/mol. The Kier molecular flexibility index (Phi) is 5.77. The second kappa shape index (κ2) is 8.04. The molecule has 0 spiro atoms. The van der Waals surface area contributed by atoms with Crippen molar-refractivity contribution in [3.05, 3.63) is 57.3 Å². The summed E-state index contributed by atoms with van der Waals surface area (Å²) in [5.74, 6) is -0.0118. The third-order valence-electron chi connectivity index (χ3n) is 5.04. The molecule has 2 atom stereocenters. The van der Waals surface area contributed by atoms with Crippen molar-refractivity contribution in [1.29, 1.82) is 0 Å². The highest BCUT2D eigenvalue weighted by Crippen LogP contribution is 2.36. The molecule has 2 heterocycles. The van der Waals surface area contributed by atoms with Gasteiger partial charge in [0.15, 0.2) is 0 Å². The van der Waals surface area contributed by atoms with Crippen LogP contribution in [0.15, 0.2) is 35.7 Å². The summed E-state index contributed by atoms with van der Waals surface area (Å²) < 4.78 is 0. The van der Waals surface area contributed by atoms with Crippen LogP contribution in [0.3, 0.4) is 0 Å². The Bertz CT molecular complexity index is 782. The summed E-state index contributed by atoms with van der Waals surface area (Å²) in [5, 5.41) is 5.07. The topological polar surface area (TPSA) is 49.4 Å². The van der Waals surface area contributed by atoms with E-state index in [1.807, 2.05) is 36.1 Å². The highest BCUT2D eigenvalue weighted by molar-refractivity contribution is 7.10. The summed E-state index contributed by atoms with van der Waals surface area (Å²) in [6.45, 7) is 6.41. The van der Waals surface area contributed by atoms with E-state index in [1.54, 1.807) is 11.3 Å². The molecule has 5 heteroatoms. The fraction of sp³-hybridized carbons (Fsp3) is 0.429. The average molecular weight is 371 g/mol. The first-order valence-corrected chi connectivity index (χ1v) is 10.1. The standard InChI is InChI=1S/C21H26N2O2S/c1-4-19-17-10-12-26-20(17)9-11-23(19)21(25)13-18(22-15(3)24)16-7-5-14(2)6-8-16/h5-8,10,12,18-19H,4,9,11,13H2,1-3H3,(H,22,24). The summed E-state index contributed by atoms with van der Waals surface area (Å²) >= 11 is 1.78. The molecule has 0 fully saturated rings. The van der Waals surface area contributed by atoms with Gasteiger partial charge in [-0.15, -0.1) is 11.3 Å². The van der Waals surface area contributed by atoms with E-state index in [4.69, 9.17) is 0 Å². The van der Waals surface area contributed by atoms with Crippen LogP contribution in [0.4, 0.5) is 0 Å². The molecule has 2 unspecified atom stereocenters. The highest BCUT2D eigenvalue weighted by atomic mass is 32.1. The van der Waals surface area contributed by atoms with Gasteiger partial charge in [0.1, 0.15) is 0 Å². The number of carbonyl (C=O) groups excluding carboxylic acids is 2. The molecule has 1 aliphatic heterocycles. The molecule has 1 aliphatic rings. The molecular formula is C21H26N2O2S. The molecule has 1 aromatic heterocycles. The van der Waals surface area contributed by atoms with Gasteiger partial charge in [-0.2, -0.15) is 0 Å². The number of benzene rings is 1. The maximum atomic E-state index is 13.1. The Morgan fingerprint density at radius 3 is 2.65 bits per heavy atom. The monoisotopic (exact) mass is 370 g/mol. The zero-order chi connectivity index (χ0) is 18.7. The minimum atomic E-state index is -0.290. The van der Waals surface area contributed by atoms with E-state index in [1.165, 1.54) is 17.4 Å². The van der Waals surface area contributed by atoms with Gasteiger partial charge in [0.2, 0.25) is 11.8 Å². The largest absolute Gasteiger partial charge is 0.349 e. The number of amides is 2. The summed E-state index contributed by atoms with van der Waals surface area (Å²) in [6, 6.07) is 10.0. The first kappa shape index (κ1) is 18.6. The molecule has 0 saturated heterocycles. The highest BCUT2D eigenvalue weighted by Gasteiger charge is 2.31. The van der Waals surface area contributed by atoms with Crippen LogP contribution in [0.5, 0.6) is 0 Å². The van der Waals surface area contributed by atoms with E-state index in [9.17, 15) is 9.59 Å². The van der Waals surface area contributed by atoms with Crippen LogP contribution in [0, 0.1) is 6.92 Å². The molecule has 138 valence electrons. The number of carbonyl (C=O) groups is 2. The summed E-state index contributed by atoms with van der Waals surface area (Å²) in [5.41, 5.74) is 3.43. The quantitative estimate of drug-likeness (QED) is 0.859. The van der Waals surface area contributed by atoms with Gasteiger partial charge in [0.05, 0.1) is 18.5 Å². The Morgan fingerprint density at radius 1 is 1.27 bits per heavy atom. The number of nitrogens with zero attached hydrogens (tertiary/aromatic N) is 1. The molecular weight excluding hydrogens is 344 g/mol. The van der Waals surface area contributed by atoms with Gasteiger partial charge in [-0.3, -0.25) is 9.59 Å². The van der Waals surface area contributed by atoms with Crippen molar-refractivity contribution in [3.63, 3.8) is 0 Å². The molecule has 4 nitrogen and oxygen atoms in total. The van der Waals surface area contributed by atoms with Crippen molar-refractivity contribution < 1.29 is 9.59 Å². The van der Waals surface area contributed by atoms with Crippen LogP contribution in [0.1, 0.15) is 60.3 Å². The van der Waals surface area contributed by atoms with Crippen LogP contribution < -0.4 is 5.32 Å². The van der Waals surface area contributed by atoms with Crippen molar-refractivity contribution >= 4 is 23.2 Å². The van der Waals surface area contributed by atoms with Crippen LogP contribution in [0.2, 0.25) is 0 Å². The minimum Gasteiger partial charge on any atom is -0.349 e. The third-order valence-corrected chi connectivity index (χ3v) is 6.03. The predicted octanol–water partition coefficient (Wildman–Crippen LogP) is 4.16. The van der Waals surface area contributed by atoms with Crippen molar-refractivity contribution in [2.45, 2.75) is 52.1 Å². The maximum absolute atomic E-state index is 13.1. The fourth-order valence-electron chi connectivity index (χ4n) is 3.72. The fourth-order valence-corrected chi connectivity index (χ4v) is 4.65. The lowest BCUT2D eigenvalue weighted by molar-refractivity contribution is -0.135. The van der Waals surface area contributed by atoms with Crippen molar-refractivity contribution in [3.8, 4) is 0 Å². The number of thiophene rings is 1. The Morgan fingerprint density at radius 2 is 2.00 bits per heavy atom. The van der Waals surface area contributed by atoms with Crippen molar-refractivity contribution in [2.24, 2.45) is 0 Å². The van der Waals surface area contributed by atoms with Gasteiger partial charge in [-0.05, 0) is 42.3 Å². The first-order chi connectivity index (χ1) is 12.5. The molecule has 2 aromatic rings. The molecule has 0 bridgehead atoms. The lowest BCUT2D eigenvalue weighted by Gasteiger charge is -2.36. The zero-order valence-electron chi connectivity index (χ0n) is 15.6. The summed E-state index contributed by atoms with van der Waals surface area (Å²) in [6.07, 6.45) is 2.12. The number of fused-ring (bicyclic) bond motifs is 1. The maximum Gasteiger partial charge on any atom is 0.225 e. The normalized spacial score (nSPS) is 17.5. The van der Waals surface area contributed by atoms with Crippen LogP contribution in [0.25, 0.3) is 0 Å².